The molecule has 0 fully saturated rings. The van der Waals surface area contributed by atoms with Crippen molar-refractivity contribution in [2.24, 2.45) is 4.99 Å². The minimum Gasteiger partial charge on any atom is -0.458 e. The van der Waals surface area contributed by atoms with Gasteiger partial charge in [0.1, 0.15) is 17.5 Å². The summed E-state index contributed by atoms with van der Waals surface area (Å²) in [7, 11) is 3.05. The van der Waals surface area contributed by atoms with Gasteiger partial charge in [-0.3, -0.25) is 9.79 Å². The van der Waals surface area contributed by atoms with E-state index in [1.807, 2.05) is 0 Å². The summed E-state index contributed by atoms with van der Waals surface area (Å²) in [6.07, 6.45) is -1.95. The zero-order valence-electron chi connectivity index (χ0n) is 17.1. The average Bonchev–Trinajstić information content (AvgIpc) is 2.65. The molecule has 7 nitrogen and oxygen atoms in total. The number of aliphatic imine (C=N–C) groups is 1. The van der Waals surface area contributed by atoms with E-state index in [9.17, 15) is 17.9 Å². The fourth-order valence-electron chi connectivity index (χ4n) is 2.27. The van der Waals surface area contributed by atoms with E-state index in [1.165, 1.54) is 25.2 Å². The summed E-state index contributed by atoms with van der Waals surface area (Å²) in [6.45, 7) is 6.80. The van der Waals surface area contributed by atoms with Crippen LogP contribution < -0.4 is 5.32 Å². The van der Waals surface area contributed by atoms with Crippen molar-refractivity contribution in [2.45, 2.75) is 44.6 Å². The first-order valence-electron chi connectivity index (χ1n) is 8.59. The Hall–Kier alpha value is -2.01. The van der Waals surface area contributed by atoms with Crippen molar-refractivity contribution in [1.29, 1.82) is 0 Å². The van der Waals surface area contributed by atoms with Gasteiger partial charge in [-0.1, -0.05) is 11.8 Å². The zero-order chi connectivity index (χ0) is 22.2. The summed E-state index contributed by atoms with van der Waals surface area (Å²) >= 11 is 0.576. The maximum atomic E-state index is 14.4. The number of hydrogen-bond acceptors (Lipinski definition) is 8. The smallest absolute Gasteiger partial charge is 0.428 e. The molecule has 0 bridgehead atoms. The number of amidine groups is 1. The number of nitrogens with zero attached hydrogens (tertiary/aromatic N) is 2. The Morgan fingerprint density at radius 1 is 1.38 bits per heavy atom. The molecule has 2 atom stereocenters. The first-order valence-corrected chi connectivity index (χ1v) is 10.1. The van der Waals surface area contributed by atoms with Gasteiger partial charge >= 0.3 is 6.09 Å². The van der Waals surface area contributed by atoms with Gasteiger partial charge < -0.3 is 14.8 Å². The Morgan fingerprint density at radius 3 is 2.52 bits per heavy atom. The maximum Gasteiger partial charge on any atom is 0.428 e. The van der Waals surface area contributed by atoms with Crippen molar-refractivity contribution in [1.82, 2.24) is 4.31 Å². The number of halogens is 2. The number of ether oxygens (including phenoxy) is 2. The highest BCUT2D eigenvalue weighted by Crippen LogP contribution is 2.35. The topological polar surface area (TPSA) is 80.2 Å². The molecule has 1 aromatic carbocycles. The molecule has 0 aliphatic rings. The Morgan fingerprint density at radius 2 is 2.03 bits per heavy atom. The predicted molar refractivity (Wildman–Crippen MR) is 113 cm³/mol. The van der Waals surface area contributed by atoms with Crippen LogP contribution in [-0.2, 0) is 14.3 Å². The fraction of sp³-hybridized carbons (Fsp3) is 0.500. The Balaban J connectivity index is 3.13. The van der Waals surface area contributed by atoms with Crippen LogP contribution in [0.2, 0.25) is 0 Å². The van der Waals surface area contributed by atoms with Crippen molar-refractivity contribution in [2.75, 3.05) is 19.4 Å². The molecular formula is C18H25F2N3O4S2. The van der Waals surface area contributed by atoms with Crippen LogP contribution in [0.1, 0.15) is 39.4 Å². The molecule has 0 radical (unpaired) electrons. The number of anilines is 1. The Labute approximate surface area is 178 Å². The number of hydrogen-bond donors (Lipinski definition) is 1. The minimum absolute atomic E-state index is 0.0241. The van der Waals surface area contributed by atoms with Crippen molar-refractivity contribution in [3.8, 4) is 0 Å². The lowest BCUT2D eigenvalue weighted by atomic mass is 10.1. The third-order valence-electron chi connectivity index (χ3n) is 3.50. The van der Waals surface area contributed by atoms with E-state index in [1.54, 1.807) is 34.7 Å². The molecule has 0 saturated carbocycles. The summed E-state index contributed by atoms with van der Waals surface area (Å²) in [5.41, 5.74) is -0.0756. The van der Waals surface area contributed by atoms with Crippen LogP contribution in [-0.4, -0.2) is 47.0 Å². The summed E-state index contributed by atoms with van der Waals surface area (Å²) in [5, 5.41) is 2.25. The van der Waals surface area contributed by atoms with Crippen molar-refractivity contribution in [3.05, 3.63) is 29.6 Å². The number of thioether (sulfide) groups is 1. The van der Waals surface area contributed by atoms with Gasteiger partial charge in [-0.25, -0.2) is 9.18 Å². The second-order valence-electron chi connectivity index (χ2n) is 6.81. The maximum absolute atomic E-state index is 14.4. The number of nitrogens with one attached hydrogen (secondary N) is 1. The van der Waals surface area contributed by atoms with Gasteiger partial charge in [0.25, 0.3) is 6.47 Å². The van der Waals surface area contributed by atoms with Crippen molar-refractivity contribution >= 4 is 47.5 Å². The summed E-state index contributed by atoms with van der Waals surface area (Å²) in [4.78, 5) is 27.2. The van der Waals surface area contributed by atoms with Gasteiger partial charge in [0.05, 0.1) is 5.25 Å². The van der Waals surface area contributed by atoms with Crippen LogP contribution in [0.15, 0.2) is 23.2 Å². The molecule has 1 unspecified atom stereocenters. The van der Waals surface area contributed by atoms with Crippen LogP contribution >= 0.6 is 24.1 Å². The van der Waals surface area contributed by atoms with E-state index in [-0.39, 0.29) is 29.5 Å². The van der Waals surface area contributed by atoms with E-state index < -0.39 is 28.9 Å². The van der Waals surface area contributed by atoms with Crippen LogP contribution in [0.5, 0.6) is 0 Å². The van der Waals surface area contributed by atoms with E-state index in [2.05, 4.69) is 10.3 Å². The number of carbonyl (C=O) groups is 2. The highest BCUT2D eigenvalue weighted by Gasteiger charge is 2.32. The van der Waals surface area contributed by atoms with Gasteiger partial charge in [0.2, 0.25) is 0 Å². The van der Waals surface area contributed by atoms with E-state index in [4.69, 9.17) is 9.47 Å². The van der Waals surface area contributed by atoms with Gasteiger partial charge in [0, 0.05) is 25.3 Å². The lowest BCUT2D eigenvalue weighted by Crippen LogP contribution is -2.36. The standard InChI is InChI=1S/C18H25F2N3O4S2/c1-11(15(26-10-24)13-9-12(21-5)7-8-14(13)19)28-16(22-6)23(29-20)17(25)27-18(2,3)4/h7-11,15,21H,1-6H3/t11?,15-/m1/s1. The molecule has 1 aromatic rings. The van der Waals surface area contributed by atoms with Crippen LogP contribution in [0, 0.1) is 5.82 Å². The van der Waals surface area contributed by atoms with Crippen molar-refractivity contribution < 1.29 is 27.3 Å². The quantitative estimate of drug-likeness (QED) is 0.273. The van der Waals surface area contributed by atoms with Crippen LogP contribution in [0.25, 0.3) is 0 Å². The van der Waals surface area contributed by atoms with E-state index in [0.29, 0.717) is 9.99 Å². The molecule has 1 rings (SSSR count). The van der Waals surface area contributed by atoms with Crippen LogP contribution in [0.3, 0.4) is 0 Å². The molecule has 1 N–H and O–H groups in total. The normalized spacial score (nSPS) is 14.0. The first kappa shape index (κ1) is 25.0. The first-order chi connectivity index (χ1) is 13.6. The van der Waals surface area contributed by atoms with Gasteiger partial charge in [0.15, 0.2) is 17.5 Å². The molecule has 11 heteroatoms. The molecule has 0 aliphatic heterocycles. The zero-order valence-corrected chi connectivity index (χ0v) is 18.7. The number of benzene rings is 1. The average molecular weight is 450 g/mol. The Kier molecular flexibility index (Phi) is 9.71. The molecule has 0 spiro atoms. The molecular weight excluding hydrogens is 424 g/mol. The molecule has 0 aliphatic carbocycles. The molecule has 0 saturated heterocycles. The third kappa shape index (κ3) is 7.39. The summed E-state index contributed by atoms with van der Waals surface area (Å²) in [5.74, 6) is -0.567. The lowest BCUT2D eigenvalue weighted by molar-refractivity contribution is -0.133. The highest BCUT2D eigenvalue weighted by molar-refractivity contribution is 8.15. The second-order valence-corrected chi connectivity index (χ2v) is 8.66. The molecule has 0 aromatic heterocycles. The van der Waals surface area contributed by atoms with E-state index in [0.717, 1.165) is 11.8 Å². The van der Waals surface area contributed by atoms with Crippen molar-refractivity contribution in [3.63, 3.8) is 0 Å². The number of rotatable bonds is 7. The van der Waals surface area contributed by atoms with Gasteiger partial charge in [-0.15, -0.1) is 3.89 Å². The van der Waals surface area contributed by atoms with Gasteiger partial charge in [-0.2, -0.15) is 4.31 Å². The molecule has 1 amide bonds. The molecule has 162 valence electrons. The number of carbonyl (C=O) groups excluding carboxylic acids is 2. The van der Waals surface area contributed by atoms with Gasteiger partial charge in [-0.05, 0) is 45.9 Å². The molecule has 29 heavy (non-hydrogen) atoms. The molecule has 0 heterocycles. The predicted octanol–water partition coefficient (Wildman–Crippen LogP) is 4.96. The Bertz CT molecular complexity index is 744. The van der Waals surface area contributed by atoms with E-state index >= 15 is 0 Å². The summed E-state index contributed by atoms with van der Waals surface area (Å²) in [6, 6.07) is 4.30. The van der Waals surface area contributed by atoms with Crippen LogP contribution in [0.4, 0.5) is 18.8 Å². The largest absolute Gasteiger partial charge is 0.458 e. The fourth-order valence-corrected chi connectivity index (χ4v) is 3.66. The number of amides is 1. The monoisotopic (exact) mass is 449 g/mol. The third-order valence-corrected chi connectivity index (χ3v) is 5.27. The minimum atomic E-state index is -1.01. The second kappa shape index (κ2) is 11.2. The summed E-state index contributed by atoms with van der Waals surface area (Å²) < 4.78 is 38.8. The SMILES string of the molecule is CN=C(SC(C)[C@@H](OC=O)c1cc(NC)ccc1F)N(SF)C(=O)OC(C)(C)C. The lowest BCUT2D eigenvalue weighted by Gasteiger charge is -2.27. The highest BCUT2D eigenvalue weighted by atomic mass is 32.2.